The van der Waals surface area contributed by atoms with Gasteiger partial charge in [-0.25, -0.2) is 0 Å². The summed E-state index contributed by atoms with van der Waals surface area (Å²) in [5, 5.41) is 22.7. The summed E-state index contributed by atoms with van der Waals surface area (Å²) in [6.45, 7) is 0. The van der Waals surface area contributed by atoms with E-state index >= 15 is 0 Å². The van der Waals surface area contributed by atoms with Crippen LogP contribution in [0.4, 0.5) is 0 Å². The fourth-order valence-corrected chi connectivity index (χ4v) is 3.03. The first-order chi connectivity index (χ1) is 14.2. The summed E-state index contributed by atoms with van der Waals surface area (Å²) in [7, 11) is 0. The normalized spacial score (nSPS) is 9.13. The predicted molar refractivity (Wildman–Crippen MR) is 130 cm³/mol. The molecule has 6 heteroatoms. The summed E-state index contributed by atoms with van der Waals surface area (Å²) in [5.74, 6) is 0.700. The summed E-state index contributed by atoms with van der Waals surface area (Å²) >= 11 is 1.98. The van der Waals surface area contributed by atoms with Crippen LogP contribution >= 0.6 is 24.8 Å². The number of rotatable bonds is 1. The topological polar surface area (TPSA) is 53.6 Å². The van der Waals surface area contributed by atoms with Gasteiger partial charge in [-0.15, -0.1) is 24.8 Å². The van der Waals surface area contributed by atoms with Crippen LogP contribution in [0.2, 0.25) is 0 Å². The Morgan fingerprint density at radius 1 is 0.613 bits per heavy atom. The number of fused-ring (bicyclic) bond motifs is 2. The average molecular weight is 489 g/mol. The van der Waals surface area contributed by atoms with Gasteiger partial charge in [0.2, 0.25) is 0 Å². The first-order valence-corrected chi connectivity index (χ1v) is 9.95. The molecule has 1 aromatic heterocycles. The van der Waals surface area contributed by atoms with Crippen molar-refractivity contribution in [1.29, 1.82) is 0 Å². The van der Waals surface area contributed by atoms with E-state index in [1.54, 1.807) is 24.7 Å². The first-order valence-electron chi connectivity index (χ1n) is 9.05. The molecule has 1 heterocycles. The van der Waals surface area contributed by atoms with Crippen molar-refractivity contribution in [2.75, 3.05) is 0 Å². The molecule has 0 atom stereocenters. The van der Waals surface area contributed by atoms with Gasteiger partial charge < -0.3 is 10.2 Å². The van der Waals surface area contributed by atoms with Crippen molar-refractivity contribution in [3.05, 3.63) is 109 Å². The molecular formula is C25H22Cl2O3Ti. The number of furan rings is 1. The van der Waals surface area contributed by atoms with E-state index in [0.29, 0.717) is 11.5 Å². The number of halogens is 2. The van der Waals surface area contributed by atoms with E-state index in [0.717, 1.165) is 27.1 Å². The molecular weight excluding hydrogens is 467 g/mol. The molecule has 0 saturated heterocycles. The van der Waals surface area contributed by atoms with Crippen molar-refractivity contribution in [3.8, 4) is 11.5 Å². The molecule has 0 spiro atoms. The third kappa shape index (κ3) is 7.57. The third-order valence-corrected chi connectivity index (χ3v) is 4.76. The molecule has 0 saturated carbocycles. The van der Waals surface area contributed by atoms with Gasteiger partial charge in [0.05, 0.1) is 0 Å². The van der Waals surface area contributed by atoms with Crippen LogP contribution in [-0.4, -0.2) is 14.5 Å². The molecule has 0 aliphatic heterocycles. The minimum atomic E-state index is 0. The third-order valence-electron chi connectivity index (χ3n) is 4.24. The van der Waals surface area contributed by atoms with Crippen molar-refractivity contribution < 1.29 is 34.6 Å². The SMILES string of the molecule is Cl.Cl.Oc1cccc2ccccc12.Oc1cccc2ccccc12.[Ti]=[CH]c1ccoc1. The van der Waals surface area contributed by atoms with Gasteiger partial charge in [-0.1, -0.05) is 72.8 Å². The van der Waals surface area contributed by atoms with Crippen LogP contribution in [0.3, 0.4) is 0 Å². The Morgan fingerprint density at radius 3 is 1.42 bits per heavy atom. The molecule has 0 aliphatic carbocycles. The standard InChI is InChI=1S/2C10H8O.C5H4O.2ClH.Ti/c2*11-10-7-3-5-8-4-1-2-6-9(8)10;1-5-2-3-6-4-5;;;/h2*1-7,11H;1-4H;2*1H;. The second-order valence-corrected chi connectivity index (χ2v) is 6.65. The van der Waals surface area contributed by atoms with E-state index in [4.69, 9.17) is 4.42 Å². The molecule has 0 aliphatic rings. The number of phenols is 2. The Kier molecular flexibility index (Phi) is 11.7. The Balaban J connectivity index is 0.000000231. The van der Waals surface area contributed by atoms with Gasteiger partial charge in [-0.05, 0) is 22.9 Å². The zero-order valence-corrected chi connectivity index (χ0v) is 19.7. The summed E-state index contributed by atoms with van der Waals surface area (Å²) in [6, 6.07) is 28.5. The summed E-state index contributed by atoms with van der Waals surface area (Å²) in [5.41, 5.74) is 1.14. The quantitative estimate of drug-likeness (QED) is 0.252. The van der Waals surface area contributed by atoms with E-state index in [2.05, 4.69) is 0 Å². The molecule has 3 nitrogen and oxygen atoms in total. The molecule has 0 radical (unpaired) electrons. The van der Waals surface area contributed by atoms with E-state index in [9.17, 15) is 10.2 Å². The van der Waals surface area contributed by atoms with Gasteiger partial charge in [0, 0.05) is 10.8 Å². The second-order valence-electron chi connectivity index (χ2n) is 6.20. The Labute approximate surface area is 205 Å². The number of hydrogen-bond acceptors (Lipinski definition) is 3. The molecule has 31 heavy (non-hydrogen) atoms. The number of benzene rings is 4. The Bertz CT molecular complexity index is 1120. The molecule has 0 fully saturated rings. The maximum absolute atomic E-state index is 9.37. The maximum atomic E-state index is 9.37. The van der Waals surface area contributed by atoms with Gasteiger partial charge in [0.25, 0.3) is 0 Å². The van der Waals surface area contributed by atoms with Crippen LogP contribution in [0.15, 0.2) is 108 Å². The van der Waals surface area contributed by atoms with Crippen LogP contribution in [0.1, 0.15) is 5.56 Å². The molecule has 0 bridgehead atoms. The van der Waals surface area contributed by atoms with E-state index < -0.39 is 0 Å². The van der Waals surface area contributed by atoms with Gasteiger partial charge >= 0.3 is 52.9 Å². The van der Waals surface area contributed by atoms with Crippen LogP contribution in [0.25, 0.3) is 21.5 Å². The molecule has 5 rings (SSSR count). The van der Waals surface area contributed by atoms with Crippen molar-refractivity contribution in [3.63, 3.8) is 0 Å². The zero-order chi connectivity index (χ0) is 20.5. The van der Waals surface area contributed by atoms with Crippen LogP contribution in [0.5, 0.6) is 11.5 Å². The minimum absolute atomic E-state index is 0. The summed E-state index contributed by atoms with van der Waals surface area (Å²) < 4.78 is 6.76. The first kappa shape index (κ1) is 26.5. The van der Waals surface area contributed by atoms with E-state index in [-0.39, 0.29) is 24.8 Å². The molecule has 5 aromatic rings. The molecule has 2 N–H and O–H groups in total. The number of phenolic OH excluding ortho intramolecular Hbond substituents is 2. The van der Waals surface area contributed by atoms with E-state index in [1.807, 2.05) is 103 Å². The van der Waals surface area contributed by atoms with Gasteiger partial charge in [-0.2, -0.15) is 0 Å². The summed E-state index contributed by atoms with van der Waals surface area (Å²) in [6.07, 6.45) is 3.37. The molecule has 158 valence electrons. The van der Waals surface area contributed by atoms with Crippen LogP contribution in [-0.2, 0) is 20.0 Å². The van der Waals surface area contributed by atoms with Gasteiger partial charge in [0.15, 0.2) is 0 Å². The van der Waals surface area contributed by atoms with Crippen molar-refractivity contribution in [1.82, 2.24) is 0 Å². The fraction of sp³-hybridized carbons (Fsp3) is 0. The zero-order valence-electron chi connectivity index (χ0n) is 16.5. The monoisotopic (exact) mass is 488 g/mol. The van der Waals surface area contributed by atoms with Crippen molar-refractivity contribution >= 4 is 50.7 Å². The van der Waals surface area contributed by atoms with Crippen molar-refractivity contribution in [2.24, 2.45) is 0 Å². The van der Waals surface area contributed by atoms with Crippen LogP contribution < -0.4 is 0 Å². The average Bonchev–Trinajstić information content (AvgIpc) is 3.30. The van der Waals surface area contributed by atoms with Gasteiger partial charge in [-0.3, -0.25) is 0 Å². The number of aromatic hydroxyl groups is 2. The Hall–Kier alpha value is -2.56. The second kappa shape index (κ2) is 13.7. The molecule has 4 aromatic carbocycles. The molecule has 0 unspecified atom stereocenters. The predicted octanol–water partition coefficient (Wildman–Crippen LogP) is 6.91. The van der Waals surface area contributed by atoms with E-state index in [1.165, 1.54) is 0 Å². The number of hydrogen-bond donors (Lipinski definition) is 2. The fourth-order valence-electron chi connectivity index (χ4n) is 2.77. The van der Waals surface area contributed by atoms with Crippen molar-refractivity contribution in [2.45, 2.75) is 0 Å². The van der Waals surface area contributed by atoms with Gasteiger partial charge in [0.1, 0.15) is 11.5 Å². The molecule has 0 amide bonds. The van der Waals surface area contributed by atoms with Crippen LogP contribution in [0, 0.1) is 0 Å². The Morgan fingerprint density at radius 2 is 1.06 bits per heavy atom. The summed E-state index contributed by atoms with van der Waals surface area (Å²) in [4.78, 5) is 0.